The Morgan fingerprint density at radius 3 is 2.81 bits per heavy atom. The maximum absolute atomic E-state index is 12.9. The van der Waals surface area contributed by atoms with Crippen LogP contribution in [0.25, 0.3) is 11.3 Å². The van der Waals surface area contributed by atoms with Crippen LogP contribution in [0.5, 0.6) is 5.75 Å². The number of aromatic nitrogens is 2. The lowest BCUT2D eigenvalue weighted by Gasteiger charge is -2.28. The van der Waals surface area contributed by atoms with Crippen LogP contribution in [0.15, 0.2) is 58.7 Å². The molecule has 0 atom stereocenters. The number of hydrogen-bond donors (Lipinski definition) is 1. The summed E-state index contributed by atoms with van der Waals surface area (Å²) in [5.41, 5.74) is 1.92. The summed E-state index contributed by atoms with van der Waals surface area (Å²) < 4.78 is 32.4. The van der Waals surface area contributed by atoms with Crippen molar-refractivity contribution in [1.29, 1.82) is 0 Å². The summed E-state index contributed by atoms with van der Waals surface area (Å²) >= 11 is 7.17. The number of ether oxygens (including phenoxy) is 1. The molecule has 1 amide bonds. The van der Waals surface area contributed by atoms with Crippen LogP contribution in [0.2, 0.25) is 5.02 Å². The molecule has 11 heteroatoms. The summed E-state index contributed by atoms with van der Waals surface area (Å²) in [7, 11) is -2.34. The minimum atomic E-state index is -3.80. The SMILES string of the molecule is CCOc1ccccc1NC(=O)CSc1ncc2c(n1)-c1ccc(Cl)cc1N(C)S2(=O)=O. The molecule has 0 saturated carbocycles. The first kappa shape index (κ1) is 22.4. The number of nitrogens with zero attached hydrogens (tertiary/aromatic N) is 3. The van der Waals surface area contributed by atoms with E-state index in [4.69, 9.17) is 16.3 Å². The molecule has 0 radical (unpaired) electrons. The van der Waals surface area contributed by atoms with Crippen molar-refractivity contribution in [3.05, 3.63) is 53.7 Å². The lowest BCUT2D eigenvalue weighted by Crippen LogP contribution is -2.31. The van der Waals surface area contributed by atoms with E-state index in [9.17, 15) is 13.2 Å². The van der Waals surface area contributed by atoms with Gasteiger partial charge in [0.25, 0.3) is 10.0 Å². The van der Waals surface area contributed by atoms with Crippen LogP contribution < -0.4 is 14.4 Å². The Balaban J connectivity index is 1.56. The second kappa shape index (κ2) is 8.97. The molecular weight excluding hydrogens is 472 g/mol. The number of nitrogens with one attached hydrogen (secondary N) is 1. The number of carbonyl (C=O) groups excluding carboxylic acids is 1. The van der Waals surface area contributed by atoms with Gasteiger partial charge in [0.1, 0.15) is 10.6 Å². The molecule has 0 fully saturated rings. The quantitative estimate of drug-likeness (QED) is 0.410. The standard InChI is InChI=1S/C21H19ClN4O4S2/c1-3-30-17-7-5-4-6-15(17)24-19(27)12-31-21-23-11-18-20(25-21)14-9-8-13(22)10-16(14)26(2)32(18,28)29/h4-11H,3,12H2,1-2H3,(H,24,27). The average molecular weight is 491 g/mol. The molecule has 0 bridgehead atoms. The molecule has 0 spiro atoms. The fraction of sp³-hybridized carbons (Fsp3) is 0.190. The van der Waals surface area contributed by atoms with Gasteiger partial charge in [0, 0.05) is 17.6 Å². The Bertz CT molecular complexity index is 1300. The minimum absolute atomic E-state index is 0.00858. The van der Waals surface area contributed by atoms with Gasteiger partial charge in [-0.2, -0.15) is 0 Å². The molecule has 0 saturated heterocycles. The third-order valence-electron chi connectivity index (χ3n) is 4.72. The van der Waals surface area contributed by atoms with Gasteiger partial charge in [-0.3, -0.25) is 9.10 Å². The number of hydrogen-bond acceptors (Lipinski definition) is 7. The van der Waals surface area contributed by atoms with Gasteiger partial charge in [-0.25, -0.2) is 18.4 Å². The van der Waals surface area contributed by atoms with Crippen LogP contribution in [0.3, 0.4) is 0 Å². The summed E-state index contributed by atoms with van der Waals surface area (Å²) in [6.45, 7) is 2.35. The van der Waals surface area contributed by atoms with E-state index in [1.54, 1.807) is 36.4 Å². The number of thioether (sulfide) groups is 1. The third kappa shape index (κ3) is 4.25. The van der Waals surface area contributed by atoms with Crippen molar-refractivity contribution in [3.8, 4) is 17.0 Å². The van der Waals surface area contributed by atoms with E-state index in [1.165, 1.54) is 13.2 Å². The minimum Gasteiger partial charge on any atom is -0.492 e. The molecule has 166 valence electrons. The first-order valence-corrected chi connectivity index (χ1v) is 12.4. The van der Waals surface area contributed by atoms with E-state index in [-0.39, 0.29) is 27.4 Å². The highest BCUT2D eigenvalue weighted by Gasteiger charge is 2.34. The Morgan fingerprint density at radius 2 is 2.03 bits per heavy atom. The predicted octanol–water partition coefficient (Wildman–Crippen LogP) is 4.07. The van der Waals surface area contributed by atoms with Gasteiger partial charge in [-0.15, -0.1) is 0 Å². The number of fused-ring (bicyclic) bond motifs is 3. The van der Waals surface area contributed by atoms with Crippen molar-refractivity contribution in [2.24, 2.45) is 0 Å². The van der Waals surface area contributed by atoms with Crippen molar-refractivity contribution < 1.29 is 17.9 Å². The number of halogens is 1. The van der Waals surface area contributed by atoms with Gasteiger partial charge < -0.3 is 10.1 Å². The molecule has 0 unspecified atom stereocenters. The molecule has 32 heavy (non-hydrogen) atoms. The number of sulfonamides is 1. The highest BCUT2D eigenvalue weighted by Crippen LogP contribution is 2.42. The largest absolute Gasteiger partial charge is 0.492 e. The van der Waals surface area contributed by atoms with E-state index in [2.05, 4.69) is 15.3 Å². The van der Waals surface area contributed by atoms with E-state index in [0.29, 0.717) is 34.3 Å². The van der Waals surface area contributed by atoms with Crippen LogP contribution in [0.4, 0.5) is 11.4 Å². The zero-order valence-corrected chi connectivity index (χ0v) is 19.6. The van der Waals surface area contributed by atoms with Gasteiger partial charge in [0.15, 0.2) is 5.16 Å². The Labute approximate surface area is 195 Å². The second-order valence-electron chi connectivity index (χ2n) is 6.77. The number of carbonyl (C=O) groups is 1. The van der Waals surface area contributed by atoms with Crippen LogP contribution in [-0.4, -0.2) is 43.7 Å². The van der Waals surface area contributed by atoms with Gasteiger partial charge in [-0.1, -0.05) is 35.5 Å². The van der Waals surface area contributed by atoms with Crippen LogP contribution >= 0.6 is 23.4 Å². The maximum atomic E-state index is 12.9. The fourth-order valence-electron chi connectivity index (χ4n) is 3.22. The molecule has 8 nitrogen and oxygen atoms in total. The van der Waals surface area contributed by atoms with E-state index >= 15 is 0 Å². The van der Waals surface area contributed by atoms with Crippen molar-refractivity contribution in [1.82, 2.24) is 9.97 Å². The van der Waals surface area contributed by atoms with Crippen LogP contribution in [0.1, 0.15) is 6.92 Å². The zero-order valence-electron chi connectivity index (χ0n) is 17.2. The van der Waals surface area contributed by atoms with Crippen LogP contribution in [0, 0.1) is 0 Å². The van der Waals surface area contributed by atoms with E-state index in [1.807, 2.05) is 13.0 Å². The van der Waals surface area contributed by atoms with Crippen molar-refractivity contribution in [3.63, 3.8) is 0 Å². The van der Waals surface area contributed by atoms with Crippen LogP contribution in [-0.2, 0) is 14.8 Å². The van der Waals surface area contributed by atoms with Gasteiger partial charge >= 0.3 is 0 Å². The highest BCUT2D eigenvalue weighted by atomic mass is 35.5. The monoisotopic (exact) mass is 490 g/mol. The average Bonchev–Trinajstić information content (AvgIpc) is 2.77. The lowest BCUT2D eigenvalue weighted by molar-refractivity contribution is -0.113. The molecule has 1 aromatic heterocycles. The number of benzene rings is 2. The number of rotatable bonds is 6. The van der Waals surface area contributed by atoms with E-state index < -0.39 is 10.0 Å². The van der Waals surface area contributed by atoms with Gasteiger partial charge in [0.05, 0.1) is 35.6 Å². The molecule has 2 aromatic carbocycles. The van der Waals surface area contributed by atoms with Crippen molar-refractivity contribution in [2.75, 3.05) is 29.0 Å². The topological polar surface area (TPSA) is 101 Å². The number of amides is 1. The first-order valence-electron chi connectivity index (χ1n) is 9.61. The first-order chi connectivity index (χ1) is 15.3. The molecule has 1 aliphatic heterocycles. The summed E-state index contributed by atoms with van der Waals surface area (Å²) in [6.07, 6.45) is 1.27. The van der Waals surface area contributed by atoms with Crippen molar-refractivity contribution >= 4 is 50.7 Å². The molecule has 1 N–H and O–H groups in total. The molecule has 3 aromatic rings. The van der Waals surface area contributed by atoms with E-state index in [0.717, 1.165) is 16.1 Å². The summed E-state index contributed by atoms with van der Waals surface area (Å²) in [5, 5.41) is 3.52. The molecular formula is C21H19ClN4O4S2. The molecule has 1 aliphatic rings. The van der Waals surface area contributed by atoms with Gasteiger partial charge in [-0.05, 0) is 37.3 Å². The van der Waals surface area contributed by atoms with Crippen molar-refractivity contribution in [2.45, 2.75) is 17.0 Å². The maximum Gasteiger partial charge on any atom is 0.267 e. The third-order valence-corrected chi connectivity index (χ3v) is 7.59. The summed E-state index contributed by atoms with van der Waals surface area (Å²) in [4.78, 5) is 21.1. The Kier molecular flexibility index (Phi) is 6.27. The fourth-order valence-corrected chi connectivity index (χ4v) is 5.29. The summed E-state index contributed by atoms with van der Waals surface area (Å²) in [5.74, 6) is 0.366. The summed E-state index contributed by atoms with van der Waals surface area (Å²) in [6, 6.07) is 12.1. The Hall–Kier alpha value is -2.82. The zero-order chi connectivity index (χ0) is 22.9. The molecule has 2 heterocycles. The Morgan fingerprint density at radius 1 is 1.25 bits per heavy atom. The molecule has 4 rings (SSSR count). The highest BCUT2D eigenvalue weighted by molar-refractivity contribution is 7.99. The second-order valence-corrected chi connectivity index (χ2v) is 10.1. The number of anilines is 2. The number of para-hydroxylation sites is 2. The molecule has 0 aliphatic carbocycles. The smallest absolute Gasteiger partial charge is 0.267 e. The lowest BCUT2D eigenvalue weighted by atomic mass is 10.1. The normalized spacial score (nSPS) is 13.8. The van der Waals surface area contributed by atoms with Gasteiger partial charge in [0.2, 0.25) is 5.91 Å². The predicted molar refractivity (Wildman–Crippen MR) is 125 cm³/mol.